The predicted octanol–water partition coefficient (Wildman–Crippen LogP) is 4.09. The lowest BCUT2D eigenvalue weighted by atomic mass is 9.95. The van der Waals surface area contributed by atoms with Crippen molar-refractivity contribution < 1.29 is 28.8 Å². The van der Waals surface area contributed by atoms with Crippen molar-refractivity contribution in [2.45, 2.75) is 46.6 Å². The van der Waals surface area contributed by atoms with Gasteiger partial charge in [0.05, 0.1) is 48.8 Å². The van der Waals surface area contributed by atoms with Gasteiger partial charge in [-0.3, -0.25) is 9.36 Å². The zero-order chi connectivity index (χ0) is 28.8. The van der Waals surface area contributed by atoms with Gasteiger partial charge in [0.1, 0.15) is 0 Å². The van der Waals surface area contributed by atoms with E-state index in [0.29, 0.717) is 56.6 Å². The zero-order valence-electron chi connectivity index (χ0n) is 23.4. The van der Waals surface area contributed by atoms with Gasteiger partial charge in [0.2, 0.25) is 0 Å². The number of hydrogen-bond donors (Lipinski definition) is 1. The summed E-state index contributed by atoms with van der Waals surface area (Å²) in [4.78, 5) is 32.1. The van der Waals surface area contributed by atoms with Gasteiger partial charge in [-0.1, -0.05) is 36.8 Å². The summed E-state index contributed by atoms with van der Waals surface area (Å²) in [5.41, 5.74) is 1.79. The van der Waals surface area contributed by atoms with Crippen LogP contribution in [0.4, 0.5) is 0 Å². The van der Waals surface area contributed by atoms with E-state index in [1.807, 2.05) is 13.0 Å². The highest BCUT2D eigenvalue weighted by Gasteiger charge is 2.34. The number of phenolic OH excluding ortho intramolecular Hbond substituents is 1. The number of rotatable bonds is 11. The molecule has 1 atom stereocenters. The molecule has 4 rings (SSSR count). The van der Waals surface area contributed by atoms with Crippen molar-refractivity contribution in [2.24, 2.45) is 4.99 Å². The highest BCUT2D eigenvalue weighted by atomic mass is 32.1. The predicted molar refractivity (Wildman–Crippen MR) is 153 cm³/mol. The maximum Gasteiger partial charge on any atom is 0.338 e. The topological polar surface area (TPSA) is 109 Å². The number of esters is 1. The van der Waals surface area contributed by atoms with E-state index in [2.05, 4.69) is 11.9 Å². The summed E-state index contributed by atoms with van der Waals surface area (Å²) in [6, 6.07) is 9.53. The van der Waals surface area contributed by atoms with Crippen LogP contribution < -0.4 is 29.1 Å². The number of ether oxygens (including phenoxy) is 4. The molecule has 0 fully saturated rings. The zero-order valence-corrected chi connectivity index (χ0v) is 24.2. The number of hydrogen-bond acceptors (Lipinski definition) is 9. The van der Waals surface area contributed by atoms with Crippen LogP contribution in [0.2, 0.25) is 0 Å². The summed E-state index contributed by atoms with van der Waals surface area (Å²) >= 11 is 1.22. The maximum absolute atomic E-state index is 13.9. The molecule has 0 saturated heterocycles. The molecule has 10 heteroatoms. The number of unbranched alkanes of at least 4 members (excludes halogenated alkanes) is 1. The first-order valence-corrected chi connectivity index (χ1v) is 14.1. The number of thiazole rings is 1. The molecule has 9 nitrogen and oxygen atoms in total. The standard InChI is InChI=1S/C30H34N2O7S/c1-6-9-14-39-22-13-11-20(17-24(22)36-5)27-26(29(35)38-8-3)18(4)31-30-32(27)28(34)25(40-30)16-19-10-12-21(33)23(15-19)37-7-2/h10-13,15-17,27,33H,6-9,14H2,1-5H3/b25-16-. The maximum atomic E-state index is 13.9. The van der Waals surface area contributed by atoms with Crippen LogP contribution in [0.1, 0.15) is 57.7 Å². The fourth-order valence-electron chi connectivity index (χ4n) is 4.45. The van der Waals surface area contributed by atoms with Gasteiger partial charge >= 0.3 is 5.97 Å². The monoisotopic (exact) mass is 566 g/mol. The molecule has 0 saturated carbocycles. The molecule has 1 N–H and O–H groups in total. The Morgan fingerprint density at radius 1 is 1.07 bits per heavy atom. The molecule has 40 heavy (non-hydrogen) atoms. The Bertz CT molecular complexity index is 1600. The van der Waals surface area contributed by atoms with E-state index < -0.39 is 12.0 Å². The fraction of sp³-hybridized carbons (Fsp3) is 0.367. The molecule has 212 valence electrons. The molecular weight excluding hydrogens is 532 g/mol. The van der Waals surface area contributed by atoms with Crippen molar-refractivity contribution in [1.82, 2.24) is 4.57 Å². The summed E-state index contributed by atoms with van der Waals surface area (Å²) in [5, 5.41) is 10.1. The molecule has 1 aliphatic rings. The molecule has 1 unspecified atom stereocenters. The van der Waals surface area contributed by atoms with Crippen molar-refractivity contribution in [3.63, 3.8) is 0 Å². The molecule has 1 aromatic heterocycles. The number of allylic oxidation sites excluding steroid dienone is 1. The molecule has 0 amide bonds. The number of aromatic hydroxyl groups is 1. The summed E-state index contributed by atoms with van der Waals surface area (Å²) in [5.74, 6) is 0.899. The van der Waals surface area contributed by atoms with Gasteiger partial charge in [-0.05, 0) is 68.7 Å². The van der Waals surface area contributed by atoms with Gasteiger partial charge in [0, 0.05) is 0 Å². The van der Waals surface area contributed by atoms with Gasteiger partial charge in [0.25, 0.3) is 5.56 Å². The smallest absolute Gasteiger partial charge is 0.338 e. The number of methoxy groups -OCH3 is 1. The molecule has 0 spiro atoms. The SMILES string of the molecule is CCCCOc1ccc(C2C(C(=O)OCC)=C(C)N=c3s/c(=C\c4ccc(O)c(OCC)c4)c(=O)n32)cc1OC. The van der Waals surface area contributed by atoms with Crippen LogP contribution in [0.15, 0.2) is 57.5 Å². The van der Waals surface area contributed by atoms with E-state index in [1.165, 1.54) is 22.0 Å². The first kappa shape index (κ1) is 28.9. The fourth-order valence-corrected chi connectivity index (χ4v) is 5.50. The van der Waals surface area contributed by atoms with Crippen LogP contribution in [0, 0.1) is 0 Å². The largest absolute Gasteiger partial charge is 0.504 e. The van der Waals surface area contributed by atoms with Crippen LogP contribution in [0.25, 0.3) is 6.08 Å². The highest BCUT2D eigenvalue weighted by molar-refractivity contribution is 7.07. The molecule has 0 bridgehead atoms. The van der Waals surface area contributed by atoms with Gasteiger partial charge in [0.15, 0.2) is 27.8 Å². The number of nitrogens with zero attached hydrogens (tertiary/aromatic N) is 2. The molecule has 2 heterocycles. The lowest BCUT2D eigenvalue weighted by Crippen LogP contribution is -2.40. The molecule has 1 aliphatic heterocycles. The third-order valence-electron chi connectivity index (χ3n) is 6.36. The van der Waals surface area contributed by atoms with Crippen molar-refractivity contribution in [3.8, 4) is 23.0 Å². The van der Waals surface area contributed by atoms with E-state index in [9.17, 15) is 14.7 Å². The lowest BCUT2D eigenvalue weighted by Gasteiger charge is -2.25. The van der Waals surface area contributed by atoms with Gasteiger partial charge < -0.3 is 24.1 Å². The highest BCUT2D eigenvalue weighted by Crippen LogP contribution is 2.36. The number of carbonyl (C=O) groups excluding carboxylic acids is 1. The Labute approximate surface area is 236 Å². The second kappa shape index (κ2) is 12.9. The summed E-state index contributed by atoms with van der Waals surface area (Å²) in [6.45, 7) is 8.51. The summed E-state index contributed by atoms with van der Waals surface area (Å²) < 4.78 is 24.3. The first-order chi connectivity index (χ1) is 19.3. The number of benzene rings is 2. The summed E-state index contributed by atoms with van der Waals surface area (Å²) in [6.07, 6.45) is 3.63. The first-order valence-electron chi connectivity index (χ1n) is 13.3. The Morgan fingerprint density at radius 3 is 2.58 bits per heavy atom. The number of carbonyl (C=O) groups is 1. The normalized spacial score (nSPS) is 14.9. The average Bonchev–Trinajstić information content (AvgIpc) is 3.24. The second-order valence-electron chi connectivity index (χ2n) is 9.07. The number of aromatic nitrogens is 1. The van der Waals surface area contributed by atoms with Gasteiger partial charge in [-0.2, -0.15) is 0 Å². The van der Waals surface area contributed by atoms with Crippen LogP contribution >= 0.6 is 11.3 Å². The Hall–Kier alpha value is -4.05. The van der Waals surface area contributed by atoms with Crippen molar-refractivity contribution >= 4 is 23.4 Å². The van der Waals surface area contributed by atoms with Crippen molar-refractivity contribution in [1.29, 1.82) is 0 Å². The van der Waals surface area contributed by atoms with Crippen molar-refractivity contribution in [2.75, 3.05) is 26.9 Å². The molecular formula is C30H34N2O7S. The molecule has 3 aromatic rings. The van der Waals surface area contributed by atoms with E-state index >= 15 is 0 Å². The van der Waals surface area contributed by atoms with Gasteiger partial charge in [-0.15, -0.1) is 0 Å². The van der Waals surface area contributed by atoms with E-state index in [1.54, 1.807) is 51.3 Å². The quantitative estimate of drug-likeness (QED) is 0.275. The molecule has 0 radical (unpaired) electrons. The van der Waals surface area contributed by atoms with Crippen molar-refractivity contribution in [3.05, 3.63) is 78.5 Å². The van der Waals surface area contributed by atoms with Crippen LogP contribution in [-0.4, -0.2) is 42.6 Å². The lowest BCUT2D eigenvalue weighted by molar-refractivity contribution is -0.139. The van der Waals surface area contributed by atoms with Gasteiger partial charge in [-0.25, -0.2) is 9.79 Å². The second-order valence-corrected chi connectivity index (χ2v) is 10.1. The van der Waals surface area contributed by atoms with Crippen LogP contribution in [0.3, 0.4) is 0 Å². The minimum atomic E-state index is -0.783. The third-order valence-corrected chi connectivity index (χ3v) is 7.34. The molecule has 2 aromatic carbocycles. The minimum absolute atomic E-state index is 0.0197. The Morgan fingerprint density at radius 2 is 1.88 bits per heavy atom. The third kappa shape index (κ3) is 5.91. The average molecular weight is 567 g/mol. The number of phenols is 1. The van der Waals surface area contributed by atoms with E-state index in [0.717, 1.165) is 12.8 Å². The molecule has 0 aliphatic carbocycles. The van der Waals surface area contributed by atoms with Crippen LogP contribution in [-0.2, 0) is 9.53 Å². The minimum Gasteiger partial charge on any atom is -0.504 e. The Kier molecular flexibility index (Phi) is 9.31. The van der Waals surface area contributed by atoms with Crippen LogP contribution in [0.5, 0.6) is 23.0 Å². The summed E-state index contributed by atoms with van der Waals surface area (Å²) in [7, 11) is 1.55. The van der Waals surface area contributed by atoms with E-state index in [4.69, 9.17) is 18.9 Å². The number of fused-ring (bicyclic) bond motifs is 1. The Balaban J connectivity index is 1.88. The van der Waals surface area contributed by atoms with E-state index in [-0.39, 0.29) is 23.5 Å².